The van der Waals surface area contributed by atoms with E-state index < -0.39 is 28.0 Å². The van der Waals surface area contributed by atoms with E-state index in [1.165, 1.54) is 18.3 Å². The van der Waals surface area contributed by atoms with E-state index in [2.05, 4.69) is 20.3 Å². The summed E-state index contributed by atoms with van der Waals surface area (Å²) < 4.78 is 36.9. The summed E-state index contributed by atoms with van der Waals surface area (Å²) in [5.74, 6) is -0.667. The molecule has 156 valence electrons. The highest BCUT2D eigenvalue weighted by molar-refractivity contribution is 8.01. The number of thioether (sulfide) groups is 1. The van der Waals surface area contributed by atoms with Crippen molar-refractivity contribution in [2.75, 3.05) is 34.8 Å². The SMILES string of the molecule is CCS(=O)(=O)N1C[C@H](C(=O)Nc2nnc(SCC(=O)OC)s2)Oc2ccccc21. The Bertz CT molecular complexity index is 1010. The molecule has 1 aliphatic rings. The molecule has 1 aliphatic heterocycles. The van der Waals surface area contributed by atoms with Crippen LogP contribution in [0.25, 0.3) is 0 Å². The lowest BCUT2D eigenvalue weighted by atomic mass is 10.2. The number of hydrogen-bond donors (Lipinski definition) is 1. The smallest absolute Gasteiger partial charge is 0.316 e. The van der Waals surface area contributed by atoms with Crippen molar-refractivity contribution >= 4 is 55.8 Å². The van der Waals surface area contributed by atoms with Gasteiger partial charge in [-0.2, -0.15) is 0 Å². The number of esters is 1. The second-order valence-electron chi connectivity index (χ2n) is 5.73. The van der Waals surface area contributed by atoms with E-state index >= 15 is 0 Å². The molecule has 1 amide bonds. The van der Waals surface area contributed by atoms with Gasteiger partial charge in [-0.05, 0) is 19.1 Å². The van der Waals surface area contributed by atoms with E-state index in [0.29, 0.717) is 15.8 Å². The molecule has 10 nitrogen and oxygen atoms in total. The van der Waals surface area contributed by atoms with Crippen LogP contribution in [0.1, 0.15) is 6.92 Å². The number of carbonyl (C=O) groups is 2. The third-order valence-corrected chi connectivity index (χ3v) is 7.60. The monoisotopic (exact) mass is 458 g/mol. The first kappa shape index (κ1) is 21.3. The van der Waals surface area contributed by atoms with E-state index in [0.717, 1.165) is 23.1 Å². The topological polar surface area (TPSA) is 128 Å². The predicted octanol–water partition coefficient (Wildman–Crippen LogP) is 1.36. The first-order valence-corrected chi connectivity index (χ1v) is 11.8. The number of amides is 1. The van der Waals surface area contributed by atoms with Crippen molar-refractivity contribution in [3.8, 4) is 5.75 Å². The van der Waals surface area contributed by atoms with Crippen LogP contribution in [0.2, 0.25) is 0 Å². The number of nitrogens with one attached hydrogen (secondary N) is 1. The summed E-state index contributed by atoms with van der Waals surface area (Å²) in [7, 11) is -2.30. The Morgan fingerprint density at radius 2 is 2.14 bits per heavy atom. The summed E-state index contributed by atoms with van der Waals surface area (Å²) in [6.45, 7) is 1.39. The lowest BCUT2D eigenvalue weighted by Gasteiger charge is -2.34. The Morgan fingerprint density at radius 1 is 1.38 bits per heavy atom. The van der Waals surface area contributed by atoms with Crippen molar-refractivity contribution in [1.29, 1.82) is 0 Å². The molecule has 1 N–H and O–H groups in total. The van der Waals surface area contributed by atoms with Gasteiger partial charge in [-0.3, -0.25) is 19.2 Å². The van der Waals surface area contributed by atoms with Crippen molar-refractivity contribution < 1.29 is 27.5 Å². The van der Waals surface area contributed by atoms with Crippen LogP contribution in [0.3, 0.4) is 0 Å². The van der Waals surface area contributed by atoms with Gasteiger partial charge in [-0.1, -0.05) is 35.2 Å². The van der Waals surface area contributed by atoms with Gasteiger partial charge in [0.15, 0.2) is 10.4 Å². The van der Waals surface area contributed by atoms with E-state index in [-0.39, 0.29) is 23.2 Å². The Labute approximate surface area is 175 Å². The van der Waals surface area contributed by atoms with Crippen molar-refractivity contribution in [2.24, 2.45) is 0 Å². The summed E-state index contributed by atoms with van der Waals surface area (Å²) in [6, 6.07) is 6.65. The molecule has 29 heavy (non-hydrogen) atoms. The van der Waals surface area contributed by atoms with Crippen molar-refractivity contribution in [1.82, 2.24) is 10.2 Å². The van der Waals surface area contributed by atoms with Crippen LogP contribution in [0, 0.1) is 0 Å². The number of nitrogens with zero attached hydrogens (tertiary/aromatic N) is 3. The molecule has 0 saturated heterocycles. The number of aromatic nitrogens is 2. The average molecular weight is 459 g/mol. The highest BCUT2D eigenvalue weighted by atomic mass is 32.2. The minimum atomic E-state index is -3.59. The van der Waals surface area contributed by atoms with Gasteiger partial charge in [0.2, 0.25) is 15.2 Å². The fourth-order valence-electron chi connectivity index (χ4n) is 2.44. The lowest BCUT2D eigenvalue weighted by Crippen LogP contribution is -2.49. The molecule has 1 aromatic heterocycles. The number of methoxy groups -OCH3 is 1. The Morgan fingerprint density at radius 3 is 2.86 bits per heavy atom. The fraction of sp³-hybridized carbons (Fsp3) is 0.375. The van der Waals surface area contributed by atoms with Gasteiger partial charge in [0.05, 0.1) is 30.8 Å². The molecule has 0 aliphatic carbocycles. The second-order valence-corrected chi connectivity index (χ2v) is 10.1. The quantitative estimate of drug-likeness (QED) is 0.371. The van der Waals surface area contributed by atoms with Gasteiger partial charge in [-0.25, -0.2) is 8.42 Å². The molecule has 0 unspecified atom stereocenters. The standard InChI is InChI=1S/C16H18N4O6S3/c1-3-29(23,24)20-8-12(26-11-7-5-4-6-10(11)20)14(22)17-15-18-19-16(28-15)27-9-13(21)25-2/h4-7,12H,3,8-9H2,1-2H3,(H,17,18,22)/t12-/m1/s1. The molecular weight excluding hydrogens is 440 g/mol. The molecule has 3 rings (SSSR count). The summed E-state index contributed by atoms with van der Waals surface area (Å²) in [5.41, 5.74) is 0.399. The van der Waals surface area contributed by atoms with Gasteiger partial charge in [0.25, 0.3) is 5.91 Å². The summed E-state index contributed by atoms with van der Waals surface area (Å²) >= 11 is 2.22. The number of sulfonamides is 1. The first-order chi connectivity index (χ1) is 13.8. The van der Waals surface area contributed by atoms with E-state index in [1.807, 2.05) is 0 Å². The van der Waals surface area contributed by atoms with Crippen LogP contribution < -0.4 is 14.4 Å². The van der Waals surface area contributed by atoms with Crippen LogP contribution in [0.5, 0.6) is 5.75 Å². The van der Waals surface area contributed by atoms with Crippen LogP contribution >= 0.6 is 23.1 Å². The minimum Gasteiger partial charge on any atom is -0.476 e. The Kier molecular flexibility index (Phi) is 6.59. The largest absolute Gasteiger partial charge is 0.476 e. The van der Waals surface area contributed by atoms with Crippen LogP contribution in [-0.4, -0.2) is 61.8 Å². The van der Waals surface area contributed by atoms with Crippen LogP contribution in [0.15, 0.2) is 28.6 Å². The maximum atomic E-state index is 12.7. The summed E-state index contributed by atoms with van der Waals surface area (Å²) in [6.07, 6.45) is -1.05. The normalized spacial score (nSPS) is 15.9. The van der Waals surface area contributed by atoms with Crippen LogP contribution in [0.4, 0.5) is 10.8 Å². The predicted molar refractivity (Wildman–Crippen MR) is 109 cm³/mol. The molecule has 0 spiro atoms. The highest BCUT2D eigenvalue weighted by Crippen LogP contribution is 2.35. The van der Waals surface area contributed by atoms with E-state index in [4.69, 9.17) is 4.74 Å². The maximum absolute atomic E-state index is 12.7. The molecule has 0 saturated carbocycles. The van der Waals surface area contributed by atoms with Gasteiger partial charge in [0.1, 0.15) is 5.75 Å². The fourth-order valence-corrected chi connectivity index (χ4v) is 5.15. The number of rotatable bonds is 7. The van der Waals surface area contributed by atoms with Crippen molar-refractivity contribution in [2.45, 2.75) is 17.4 Å². The number of para-hydroxylation sites is 2. The number of benzene rings is 1. The highest BCUT2D eigenvalue weighted by Gasteiger charge is 2.36. The molecule has 0 radical (unpaired) electrons. The number of ether oxygens (including phenoxy) is 2. The van der Waals surface area contributed by atoms with Gasteiger partial charge in [0, 0.05) is 0 Å². The lowest BCUT2D eigenvalue weighted by molar-refractivity contribution is -0.137. The van der Waals surface area contributed by atoms with Gasteiger partial charge < -0.3 is 9.47 Å². The van der Waals surface area contributed by atoms with Gasteiger partial charge in [-0.15, -0.1) is 10.2 Å². The molecule has 2 heterocycles. The Hall–Kier alpha value is -2.38. The zero-order valence-corrected chi connectivity index (χ0v) is 18.0. The average Bonchev–Trinajstić information content (AvgIpc) is 3.18. The van der Waals surface area contributed by atoms with Crippen molar-refractivity contribution in [3.63, 3.8) is 0 Å². The summed E-state index contributed by atoms with van der Waals surface area (Å²) in [4.78, 5) is 23.8. The van der Waals surface area contributed by atoms with Crippen LogP contribution in [-0.2, 0) is 24.3 Å². The number of hydrogen-bond acceptors (Lipinski definition) is 10. The molecule has 2 aromatic rings. The number of carbonyl (C=O) groups excluding carboxylic acids is 2. The second kappa shape index (κ2) is 8.97. The van der Waals surface area contributed by atoms with Gasteiger partial charge >= 0.3 is 5.97 Å². The zero-order valence-electron chi connectivity index (χ0n) is 15.5. The minimum absolute atomic E-state index is 0.0748. The maximum Gasteiger partial charge on any atom is 0.316 e. The first-order valence-electron chi connectivity index (χ1n) is 8.44. The molecule has 13 heteroatoms. The summed E-state index contributed by atoms with van der Waals surface area (Å²) in [5, 5.41) is 10.5. The Balaban J connectivity index is 1.72. The molecule has 1 atom stereocenters. The molecule has 1 aromatic carbocycles. The number of fused-ring (bicyclic) bond motifs is 1. The van der Waals surface area contributed by atoms with E-state index in [9.17, 15) is 18.0 Å². The van der Waals surface area contributed by atoms with Crippen molar-refractivity contribution in [3.05, 3.63) is 24.3 Å². The molecule has 0 bridgehead atoms. The van der Waals surface area contributed by atoms with E-state index in [1.54, 1.807) is 24.3 Å². The molecular formula is C16H18N4O6S3. The third-order valence-electron chi connectivity index (χ3n) is 3.91. The number of anilines is 2. The zero-order chi connectivity index (χ0) is 21.0. The third kappa shape index (κ3) is 4.97. The molecule has 0 fully saturated rings.